The van der Waals surface area contributed by atoms with Gasteiger partial charge in [0.2, 0.25) is 4.96 Å². The van der Waals surface area contributed by atoms with Gasteiger partial charge in [0.15, 0.2) is 5.82 Å². The molecule has 0 atom stereocenters. The van der Waals surface area contributed by atoms with E-state index in [9.17, 15) is 4.79 Å². The number of aromatic nitrogens is 4. The van der Waals surface area contributed by atoms with Gasteiger partial charge in [-0.1, -0.05) is 17.4 Å². The molecule has 0 fully saturated rings. The second kappa shape index (κ2) is 5.56. The Morgan fingerprint density at radius 1 is 1.17 bits per heavy atom. The van der Waals surface area contributed by atoms with Gasteiger partial charge in [0.25, 0.3) is 5.91 Å². The van der Waals surface area contributed by atoms with Gasteiger partial charge < -0.3 is 5.32 Å². The molecule has 1 aromatic carbocycles. The Morgan fingerprint density at radius 2 is 2.00 bits per heavy atom. The summed E-state index contributed by atoms with van der Waals surface area (Å²) >= 11 is 2.90. The van der Waals surface area contributed by atoms with Crippen LogP contribution in [-0.2, 0) is 0 Å². The van der Waals surface area contributed by atoms with Crippen molar-refractivity contribution in [3.63, 3.8) is 0 Å². The van der Waals surface area contributed by atoms with E-state index >= 15 is 0 Å². The van der Waals surface area contributed by atoms with Crippen molar-refractivity contribution in [2.75, 3.05) is 5.32 Å². The van der Waals surface area contributed by atoms with Gasteiger partial charge in [0.05, 0.1) is 4.88 Å². The van der Waals surface area contributed by atoms with Crippen molar-refractivity contribution in [2.24, 2.45) is 0 Å². The summed E-state index contributed by atoms with van der Waals surface area (Å²) in [6.45, 7) is 1.87. The molecule has 0 spiro atoms. The van der Waals surface area contributed by atoms with Crippen LogP contribution >= 0.6 is 22.7 Å². The molecule has 0 aliphatic rings. The van der Waals surface area contributed by atoms with Crippen molar-refractivity contribution in [3.05, 3.63) is 52.5 Å². The molecule has 8 heteroatoms. The fourth-order valence-corrected chi connectivity index (χ4v) is 3.64. The lowest BCUT2D eigenvalue weighted by Crippen LogP contribution is -2.09. The minimum atomic E-state index is -0.0952. The maximum atomic E-state index is 12.0. The molecular weight excluding hydrogens is 330 g/mol. The largest absolute Gasteiger partial charge is 0.321 e. The smallest absolute Gasteiger partial charge is 0.265 e. The molecule has 0 unspecified atom stereocenters. The molecule has 0 bridgehead atoms. The van der Waals surface area contributed by atoms with Crippen molar-refractivity contribution in [3.8, 4) is 10.6 Å². The standard InChI is InChI=1S/C15H11N5OS2/c1-9-17-18-15-20(9)19-14(23-15)10-4-6-11(7-5-10)16-13(21)12-3-2-8-22-12/h2-8H,1H3,(H,16,21). The van der Waals surface area contributed by atoms with Crippen LogP contribution in [0.2, 0.25) is 0 Å². The first-order chi connectivity index (χ1) is 11.2. The third-order valence-electron chi connectivity index (χ3n) is 3.28. The zero-order chi connectivity index (χ0) is 15.8. The van der Waals surface area contributed by atoms with E-state index in [-0.39, 0.29) is 5.91 Å². The number of aryl methyl sites for hydroxylation is 1. The molecule has 114 valence electrons. The SMILES string of the molecule is Cc1nnc2sc(-c3ccc(NC(=O)c4cccs4)cc3)nn12. The normalized spacial score (nSPS) is 11.0. The van der Waals surface area contributed by atoms with Crippen LogP contribution in [0.3, 0.4) is 0 Å². The van der Waals surface area contributed by atoms with E-state index in [0.29, 0.717) is 4.88 Å². The lowest BCUT2D eigenvalue weighted by molar-refractivity contribution is 0.103. The number of anilines is 1. The number of hydrogen-bond acceptors (Lipinski definition) is 6. The number of amides is 1. The summed E-state index contributed by atoms with van der Waals surface area (Å²) in [5, 5.41) is 18.2. The molecular formula is C15H11N5OS2. The summed E-state index contributed by atoms with van der Waals surface area (Å²) < 4.78 is 1.73. The number of nitrogens with zero attached hydrogens (tertiary/aromatic N) is 4. The van der Waals surface area contributed by atoms with Gasteiger partial charge in [-0.2, -0.15) is 9.61 Å². The van der Waals surface area contributed by atoms with Crippen molar-refractivity contribution >= 4 is 39.2 Å². The number of carbonyl (C=O) groups excluding carboxylic acids is 1. The Labute approximate surface area is 139 Å². The second-order valence-electron chi connectivity index (χ2n) is 4.86. The first-order valence-corrected chi connectivity index (χ1v) is 8.54. The van der Waals surface area contributed by atoms with Crippen LogP contribution in [0.4, 0.5) is 5.69 Å². The van der Waals surface area contributed by atoms with E-state index in [4.69, 9.17) is 0 Å². The van der Waals surface area contributed by atoms with Crippen molar-refractivity contribution in [1.82, 2.24) is 19.8 Å². The number of carbonyl (C=O) groups is 1. The quantitative estimate of drug-likeness (QED) is 0.619. The Kier molecular flexibility index (Phi) is 3.40. The number of thiophene rings is 1. The van der Waals surface area contributed by atoms with E-state index < -0.39 is 0 Å². The molecule has 0 radical (unpaired) electrons. The molecule has 23 heavy (non-hydrogen) atoms. The van der Waals surface area contributed by atoms with E-state index in [0.717, 1.165) is 27.0 Å². The van der Waals surface area contributed by atoms with Crippen LogP contribution in [0, 0.1) is 6.92 Å². The molecule has 0 saturated heterocycles. The molecule has 4 aromatic rings. The van der Waals surface area contributed by atoms with Gasteiger partial charge in [-0.15, -0.1) is 21.5 Å². The fourth-order valence-electron chi connectivity index (χ4n) is 2.13. The fraction of sp³-hybridized carbons (Fsp3) is 0.0667. The van der Waals surface area contributed by atoms with Crippen LogP contribution in [0.25, 0.3) is 15.5 Å². The number of nitrogens with one attached hydrogen (secondary N) is 1. The summed E-state index contributed by atoms with van der Waals surface area (Å²) in [5.41, 5.74) is 1.74. The topological polar surface area (TPSA) is 72.2 Å². The summed E-state index contributed by atoms with van der Waals surface area (Å²) in [6, 6.07) is 11.3. The predicted molar refractivity (Wildman–Crippen MR) is 91.1 cm³/mol. The van der Waals surface area contributed by atoms with Crippen molar-refractivity contribution in [2.45, 2.75) is 6.92 Å². The van der Waals surface area contributed by atoms with Crippen molar-refractivity contribution in [1.29, 1.82) is 0 Å². The van der Waals surface area contributed by atoms with Crippen LogP contribution in [0.5, 0.6) is 0 Å². The molecule has 0 aliphatic carbocycles. The Balaban J connectivity index is 1.56. The highest BCUT2D eigenvalue weighted by molar-refractivity contribution is 7.19. The monoisotopic (exact) mass is 341 g/mol. The van der Waals surface area contributed by atoms with E-state index in [2.05, 4.69) is 20.6 Å². The van der Waals surface area contributed by atoms with Crippen LogP contribution < -0.4 is 5.32 Å². The Bertz CT molecular complexity index is 969. The lowest BCUT2D eigenvalue weighted by Gasteiger charge is -2.04. The maximum Gasteiger partial charge on any atom is 0.265 e. The van der Waals surface area contributed by atoms with Gasteiger partial charge in [-0.3, -0.25) is 4.79 Å². The number of hydrogen-bond donors (Lipinski definition) is 1. The number of fused-ring (bicyclic) bond motifs is 1. The average Bonchev–Trinajstić information content (AvgIpc) is 3.27. The van der Waals surface area contributed by atoms with Gasteiger partial charge in [-0.25, -0.2) is 0 Å². The highest BCUT2D eigenvalue weighted by Gasteiger charge is 2.11. The summed E-state index contributed by atoms with van der Waals surface area (Å²) in [5.74, 6) is 0.671. The molecule has 3 heterocycles. The third kappa shape index (κ3) is 2.62. The Hall–Kier alpha value is -2.58. The molecule has 1 amide bonds. The summed E-state index contributed by atoms with van der Waals surface area (Å²) in [6.07, 6.45) is 0. The average molecular weight is 341 g/mol. The van der Waals surface area contributed by atoms with Crippen LogP contribution in [-0.4, -0.2) is 25.7 Å². The zero-order valence-electron chi connectivity index (χ0n) is 12.1. The minimum Gasteiger partial charge on any atom is -0.321 e. The first-order valence-electron chi connectivity index (χ1n) is 6.85. The Morgan fingerprint density at radius 3 is 2.70 bits per heavy atom. The number of benzene rings is 1. The van der Waals surface area contributed by atoms with E-state index in [1.165, 1.54) is 22.7 Å². The molecule has 1 N–H and O–H groups in total. The van der Waals surface area contributed by atoms with Crippen molar-refractivity contribution < 1.29 is 4.79 Å². The van der Waals surface area contributed by atoms with Crippen LogP contribution in [0.15, 0.2) is 41.8 Å². The highest BCUT2D eigenvalue weighted by Crippen LogP contribution is 2.26. The van der Waals surface area contributed by atoms with E-state index in [1.807, 2.05) is 42.6 Å². The first kappa shape index (κ1) is 14.0. The minimum absolute atomic E-state index is 0.0952. The molecule has 6 nitrogen and oxygen atoms in total. The maximum absolute atomic E-state index is 12.0. The highest BCUT2D eigenvalue weighted by atomic mass is 32.1. The predicted octanol–water partition coefficient (Wildman–Crippen LogP) is 3.48. The van der Waals surface area contributed by atoms with Crippen LogP contribution in [0.1, 0.15) is 15.5 Å². The zero-order valence-corrected chi connectivity index (χ0v) is 13.7. The van der Waals surface area contributed by atoms with Gasteiger partial charge in [-0.05, 0) is 42.6 Å². The summed E-state index contributed by atoms with van der Waals surface area (Å²) in [7, 11) is 0. The van der Waals surface area contributed by atoms with E-state index in [1.54, 1.807) is 10.6 Å². The molecule has 3 aromatic heterocycles. The summed E-state index contributed by atoms with van der Waals surface area (Å²) in [4.78, 5) is 13.5. The molecule has 4 rings (SSSR count). The van der Waals surface area contributed by atoms with Gasteiger partial charge in [0.1, 0.15) is 5.01 Å². The van der Waals surface area contributed by atoms with Gasteiger partial charge in [0, 0.05) is 11.3 Å². The van der Waals surface area contributed by atoms with Gasteiger partial charge >= 0.3 is 0 Å². The molecule has 0 aliphatic heterocycles. The third-order valence-corrected chi connectivity index (χ3v) is 5.10. The number of rotatable bonds is 3. The second-order valence-corrected chi connectivity index (χ2v) is 6.76. The lowest BCUT2D eigenvalue weighted by atomic mass is 10.2. The molecule has 0 saturated carbocycles.